The van der Waals surface area contributed by atoms with Gasteiger partial charge >= 0.3 is 0 Å². The van der Waals surface area contributed by atoms with Crippen molar-refractivity contribution in [3.63, 3.8) is 0 Å². The molecule has 2 rings (SSSR count). The van der Waals surface area contributed by atoms with Crippen molar-refractivity contribution in [2.75, 3.05) is 0 Å². The lowest BCUT2D eigenvalue weighted by Gasteiger charge is -2.00. The monoisotopic (exact) mass is 219 g/mol. The lowest BCUT2D eigenvalue weighted by atomic mass is 10.1. The maximum absolute atomic E-state index is 3.89. The van der Waals surface area contributed by atoms with E-state index in [9.17, 15) is 0 Å². The van der Waals surface area contributed by atoms with Gasteiger partial charge in [0.2, 0.25) is 0 Å². The number of benzene rings is 2. The van der Waals surface area contributed by atoms with Crippen LogP contribution in [0.5, 0.6) is 0 Å². The van der Waals surface area contributed by atoms with Crippen molar-refractivity contribution in [2.45, 2.75) is 0 Å². The first kappa shape index (κ1) is 7.81. The molecular formula is C11H8Br. The predicted molar refractivity (Wildman–Crippen MR) is 56.1 cm³/mol. The van der Waals surface area contributed by atoms with E-state index in [-0.39, 0.29) is 0 Å². The minimum absolute atomic E-state index is 1.05. The van der Waals surface area contributed by atoms with E-state index in [2.05, 4.69) is 41.1 Å². The molecule has 0 aliphatic carbocycles. The molecule has 1 radical (unpaired) electrons. The Kier molecular flexibility index (Phi) is 1.89. The number of fused-ring (bicyclic) bond motifs is 1. The molecule has 0 aliphatic rings. The molecule has 2 aromatic rings. The van der Waals surface area contributed by atoms with Crippen LogP contribution >= 0.6 is 15.9 Å². The fraction of sp³-hybridized carbons (Fsp3) is 0. The maximum atomic E-state index is 3.89. The third kappa shape index (κ3) is 1.25. The second-order valence-corrected chi connectivity index (χ2v) is 3.65. The van der Waals surface area contributed by atoms with Crippen molar-refractivity contribution < 1.29 is 0 Å². The Morgan fingerprint density at radius 1 is 1.08 bits per heavy atom. The Morgan fingerprint density at radius 2 is 1.92 bits per heavy atom. The van der Waals surface area contributed by atoms with Crippen molar-refractivity contribution in [1.29, 1.82) is 0 Å². The summed E-state index contributed by atoms with van der Waals surface area (Å²) in [5.41, 5.74) is 1.05. The van der Waals surface area contributed by atoms with E-state index in [0.717, 1.165) is 10.0 Å². The third-order valence-corrected chi connectivity index (χ3v) is 2.58. The van der Waals surface area contributed by atoms with Gasteiger partial charge in [-0.2, -0.15) is 0 Å². The Hall–Kier alpha value is -0.820. The van der Waals surface area contributed by atoms with Gasteiger partial charge in [0.15, 0.2) is 0 Å². The molecule has 0 saturated heterocycles. The van der Waals surface area contributed by atoms with Gasteiger partial charge in [0, 0.05) is 4.47 Å². The largest absolute Gasteiger partial charge is 0.0605 e. The highest BCUT2D eigenvalue weighted by Gasteiger charge is 1.96. The van der Waals surface area contributed by atoms with E-state index in [0.29, 0.717) is 0 Å². The molecule has 0 bridgehead atoms. The van der Waals surface area contributed by atoms with Crippen LogP contribution in [0.4, 0.5) is 0 Å². The summed E-state index contributed by atoms with van der Waals surface area (Å²) in [6.07, 6.45) is 0. The second-order valence-electron chi connectivity index (χ2n) is 2.80. The van der Waals surface area contributed by atoms with Gasteiger partial charge in [-0.3, -0.25) is 0 Å². The van der Waals surface area contributed by atoms with Crippen molar-refractivity contribution in [3.8, 4) is 0 Å². The summed E-state index contributed by atoms with van der Waals surface area (Å²) in [5.74, 6) is 0. The molecule has 12 heavy (non-hydrogen) atoms. The number of hydrogen-bond acceptors (Lipinski definition) is 0. The van der Waals surface area contributed by atoms with Gasteiger partial charge in [-0.05, 0) is 29.3 Å². The van der Waals surface area contributed by atoms with E-state index in [4.69, 9.17) is 0 Å². The van der Waals surface area contributed by atoms with Gasteiger partial charge in [0.05, 0.1) is 0 Å². The number of hydrogen-bond donors (Lipinski definition) is 0. The molecular weight excluding hydrogens is 212 g/mol. The summed E-state index contributed by atoms with van der Waals surface area (Å²) in [4.78, 5) is 0. The van der Waals surface area contributed by atoms with Gasteiger partial charge < -0.3 is 0 Å². The summed E-state index contributed by atoms with van der Waals surface area (Å²) < 4.78 is 1.13. The second kappa shape index (κ2) is 2.91. The summed E-state index contributed by atoms with van der Waals surface area (Å²) in [7, 11) is 0. The fourth-order valence-electron chi connectivity index (χ4n) is 1.28. The first-order valence-corrected chi connectivity index (χ1v) is 4.57. The summed E-state index contributed by atoms with van der Waals surface area (Å²) in [5, 5.41) is 2.47. The average Bonchev–Trinajstić information content (AvgIpc) is 2.07. The van der Waals surface area contributed by atoms with Crippen LogP contribution in [0.15, 0.2) is 40.9 Å². The minimum atomic E-state index is 1.05. The molecule has 0 fully saturated rings. The first-order chi connectivity index (χ1) is 5.77. The number of halogens is 1. The Balaban J connectivity index is 2.88. The smallest absolute Gasteiger partial charge is 0.0253 e. The van der Waals surface area contributed by atoms with Crippen LogP contribution in [-0.2, 0) is 0 Å². The highest BCUT2D eigenvalue weighted by Crippen LogP contribution is 2.24. The molecule has 0 saturated carbocycles. The van der Waals surface area contributed by atoms with Crippen LogP contribution in [-0.4, -0.2) is 0 Å². The van der Waals surface area contributed by atoms with Crippen LogP contribution in [0.1, 0.15) is 5.56 Å². The van der Waals surface area contributed by atoms with Gasteiger partial charge in [0.1, 0.15) is 0 Å². The highest BCUT2D eigenvalue weighted by atomic mass is 79.9. The quantitative estimate of drug-likeness (QED) is 0.633. The van der Waals surface area contributed by atoms with Gasteiger partial charge in [-0.25, -0.2) is 0 Å². The molecule has 0 spiro atoms. The zero-order chi connectivity index (χ0) is 8.55. The van der Waals surface area contributed by atoms with Gasteiger partial charge in [0.25, 0.3) is 0 Å². The molecule has 0 unspecified atom stereocenters. The van der Waals surface area contributed by atoms with E-state index in [1.54, 1.807) is 0 Å². The minimum Gasteiger partial charge on any atom is -0.0605 e. The SMILES string of the molecule is [CH2]c1ccc2cccc(Br)c2c1. The third-order valence-electron chi connectivity index (χ3n) is 1.89. The molecule has 0 aromatic heterocycles. The molecule has 2 aromatic carbocycles. The van der Waals surface area contributed by atoms with E-state index < -0.39 is 0 Å². The Morgan fingerprint density at radius 3 is 2.75 bits per heavy atom. The van der Waals surface area contributed by atoms with Crippen molar-refractivity contribution in [1.82, 2.24) is 0 Å². The predicted octanol–water partition coefficient (Wildman–Crippen LogP) is 3.78. The lowest BCUT2D eigenvalue weighted by Crippen LogP contribution is -1.75. The number of rotatable bonds is 0. The van der Waals surface area contributed by atoms with Crippen molar-refractivity contribution in [3.05, 3.63) is 53.4 Å². The van der Waals surface area contributed by atoms with E-state index in [1.165, 1.54) is 10.8 Å². The zero-order valence-electron chi connectivity index (χ0n) is 6.55. The van der Waals surface area contributed by atoms with Crippen LogP contribution < -0.4 is 0 Å². The maximum Gasteiger partial charge on any atom is 0.0253 e. The van der Waals surface area contributed by atoms with E-state index >= 15 is 0 Å². The Labute approximate surface area is 80.3 Å². The van der Waals surface area contributed by atoms with Gasteiger partial charge in [-0.1, -0.05) is 46.3 Å². The molecule has 0 nitrogen and oxygen atoms in total. The topological polar surface area (TPSA) is 0 Å². The van der Waals surface area contributed by atoms with Crippen LogP contribution in [0.25, 0.3) is 10.8 Å². The summed E-state index contributed by atoms with van der Waals surface area (Å²) in [6, 6.07) is 12.4. The van der Waals surface area contributed by atoms with Gasteiger partial charge in [-0.15, -0.1) is 0 Å². The zero-order valence-corrected chi connectivity index (χ0v) is 8.14. The highest BCUT2D eigenvalue weighted by molar-refractivity contribution is 9.10. The molecule has 0 atom stereocenters. The Bertz CT molecular complexity index is 418. The van der Waals surface area contributed by atoms with Crippen LogP contribution in [0.3, 0.4) is 0 Å². The molecule has 0 N–H and O–H groups in total. The standard InChI is InChI=1S/C11H8Br/c1-8-5-6-9-3-2-4-11(12)10(9)7-8/h2-7H,1H2. The van der Waals surface area contributed by atoms with Crippen molar-refractivity contribution in [2.24, 2.45) is 0 Å². The molecule has 0 amide bonds. The normalized spacial score (nSPS) is 10.5. The molecule has 1 heteroatoms. The van der Waals surface area contributed by atoms with Crippen LogP contribution in [0.2, 0.25) is 0 Å². The molecule has 0 aliphatic heterocycles. The fourth-order valence-corrected chi connectivity index (χ4v) is 1.78. The van der Waals surface area contributed by atoms with Crippen molar-refractivity contribution >= 4 is 26.7 Å². The molecule has 0 heterocycles. The lowest BCUT2D eigenvalue weighted by molar-refractivity contribution is 1.64. The van der Waals surface area contributed by atoms with Crippen LogP contribution in [0, 0.1) is 6.92 Å². The average molecular weight is 220 g/mol. The summed E-state index contributed by atoms with van der Waals surface area (Å²) >= 11 is 3.50. The molecule has 59 valence electrons. The van der Waals surface area contributed by atoms with E-state index in [1.807, 2.05) is 18.2 Å². The summed E-state index contributed by atoms with van der Waals surface area (Å²) in [6.45, 7) is 3.89. The first-order valence-electron chi connectivity index (χ1n) is 3.77.